The van der Waals surface area contributed by atoms with Gasteiger partial charge in [0.15, 0.2) is 0 Å². The van der Waals surface area contributed by atoms with Crippen molar-refractivity contribution in [2.75, 3.05) is 7.11 Å². The Morgan fingerprint density at radius 1 is 0.892 bits per heavy atom. The Balaban J connectivity index is 1.60. The highest BCUT2D eigenvalue weighted by Crippen LogP contribution is 2.52. The number of nitrogens with zero attached hydrogens (tertiary/aromatic N) is 1. The zero-order valence-corrected chi connectivity index (χ0v) is 20.5. The second-order valence-electron chi connectivity index (χ2n) is 9.65. The molecule has 2 amide bonds. The molecular weight excluding hydrogens is 471 g/mol. The molecular formula is C30H29FN2O4. The molecule has 0 aromatic heterocycles. The van der Waals surface area contributed by atoms with Crippen LogP contribution in [-0.2, 0) is 25.7 Å². The van der Waals surface area contributed by atoms with E-state index in [0.29, 0.717) is 0 Å². The molecule has 7 heteroatoms. The Kier molecular flexibility index (Phi) is 7.04. The molecule has 1 aliphatic heterocycles. The number of halogens is 1. The SMILES string of the molecule is COC(=O)C1C(c2ccccc2)C(C(=O)NCc2ccc(F)cc2)N(C(=O)C2CC2)C1c1ccccc1. The number of esters is 1. The van der Waals surface area contributed by atoms with Gasteiger partial charge in [0.05, 0.1) is 19.1 Å². The molecule has 5 rings (SSSR count). The molecule has 37 heavy (non-hydrogen) atoms. The van der Waals surface area contributed by atoms with Gasteiger partial charge in [0.25, 0.3) is 0 Å². The zero-order valence-electron chi connectivity index (χ0n) is 20.5. The lowest BCUT2D eigenvalue weighted by Gasteiger charge is -2.31. The fraction of sp³-hybridized carbons (Fsp3) is 0.300. The molecule has 0 bridgehead atoms. The maximum absolute atomic E-state index is 13.9. The van der Waals surface area contributed by atoms with Crippen molar-refractivity contribution in [3.63, 3.8) is 0 Å². The number of hydrogen-bond donors (Lipinski definition) is 1. The molecule has 1 heterocycles. The van der Waals surface area contributed by atoms with Gasteiger partial charge < -0.3 is 15.0 Å². The summed E-state index contributed by atoms with van der Waals surface area (Å²) < 4.78 is 18.6. The largest absolute Gasteiger partial charge is 0.469 e. The van der Waals surface area contributed by atoms with Gasteiger partial charge in [0.2, 0.25) is 11.8 Å². The van der Waals surface area contributed by atoms with E-state index in [1.807, 2.05) is 60.7 Å². The summed E-state index contributed by atoms with van der Waals surface area (Å²) in [6, 6.07) is 23.0. The molecule has 1 saturated heterocycles. The lowest BCUT2D eigenvalue weighted by Crippen LogP contribution is -2.49. The number of likely N-dealkylation sites (tertiary alicyclic amines) is 1. The molecule has 0 spiro atoms. The lowest BCUT2D eigenvalue weighted by molar-refractivity contribution is -0.148. The molecule has 1 aliphatic carbocycles. The number of carbonyl (C=O) groups excluding carboxylic acids is 3. The summed E-state index contributed by atoms with van der Waals surface area (Å²) in [5, 5.41) is 2.95. The van der Waals surface area contributed by atoms with Crippen LogP contribution in [0.1, 0.15) is 41.5 Å². The van der Waals surface area contributed by atoms with Crippen LogP contribution >= 0.6 is 0 Å². The Hall–Kier alpha value is -4.00. The Morgan fingerprint density at radius 2 is 1.49 bits per heavy atom. The predicted molar refractivity (Wildman–Crippen MR) is 135 cm³/mol. The van der Waals surface area contributed by atoms with Crippen molar-refractivity contribution in [3.8, 4) is 0 Å². The van der Waals surface area contributed by atoms with E-state index in [-0.39, 0.29) is 30.1 Å². The van der Waals surface area contributed by atoms with E-state index in [0.717, 1.165) is 29.5 Å². The van der Waals surface area contributed by atoms with Crippen molar-refractivity contribution in [2.24, 2.45) is 11.8 Å². The van der Waals surface area contributed by atoms with Crippen LogP contribution < -0.4 is 5.32 Å². The second kappa shape index (κ2) is 10.5. The standard InChI is InChI=1S/C30H29FN2O4/c1-37-30(36)25-24(20-8-4-2-5-9-20)27(28(34)32-18-19-12-16-23(31)17-13-19)33(29(35)22-14-15-22)26(25)21-10-6-3-7-11-21/h2-13,16-17,22,24-27H,14-15,18H2,1H3,(H,32,34). The summed E-state index contributed by atoms with van der Waals surface area (Å²) in [7, 11) is 1.33. The van der Waals surface area contributed by atoms with Crippen LogP contribution in [0.15, 0.2) is 84.9 Å². The summed E-state index contributed by atoms with van der Waals surface area (Å²) >= 11 is 0. The highest BCUT2D eigenvalue weighted by Gasteiger charge is 2.59. The van der Waals surface area contributed by atoms with Gasteiger partial charge in [-0.05, 0) is 41.7 Å². The van der Waals surface area contributed by atoms with Gasteiger partial charge in [-0.25, -0.2) is 4.39 Å². The highest BCUT2D eigenvalue weighted by atomic mass is 19.1. The van der Waals surface area contributed by atoms with Gasteiger partial charge in [-0.1, -0.05) is 72.8 Å². The Labute approximate surface area is 215 Å². The number of hydrogen-bond acceptors (Lipinski definition) is 4. The maximum Gasteiger partial charge on any atom is 0.311 e. The first-order chi connectivity index (χ1) is 18.0. The smallest absolute Gasteiger partial charge is 0.311 e. The molecule has 2 aliphatic rings. The monoisotopic (exact) mass is 500 g/mol. The van der Waals surface area contributed by atoms with Gasteiger partial charge >= 0.3 is 5.97 Å². The number of nitrogens with one attached hydrogen (secondary N) is 1. The van der Waals surface area contributed by atoms with Crippen LogP contribution in [0.3, 0.4) is 0 Å². The van der Waals surface area contributed by atoms with Crippen molar-refractivity contribution in [2.45, 2.75) is 37.4 Å². The average Bonchev–Trinajstić information content (AvgIpc) is 3.73. The van der Waals surface area contributed by atoms with Gasteiger partial charge in [-0.15, -0.1) is 0 Å². The normalized spacial score (nSPS) is 22.9. The third-order valence-electron chi connectivity index (χ3n) is 7.30. The van der Waals surface area contributed by atoms with Crippen LogP contribution in [0.5, 0.6) is 0 Å². The molecule has 0 radical (unpaired) electrons. The summed E-state index contributed by atoms with van der Waals surface area (Å²) in [6.45, 7) is 0.168. The molecule has 3 aromatic rings. The minimum absolute atomic E-state index is 0.122. The van der Waals surface area contributed by atoms with Crippen molar-refractivity contribution >= 4 is 17.8 Å². The highest BCUT2D eigenvalue weighted by molar-refractivity contribution is 5.93. The van der Waals surface area contributed by atoms with Crippen LogP contribution in [0.25, 0.3) is 0 Å². The summed E-state index contributed by atoms with van der Waals surface area (Å²) in [6.07, 6.45) is 1.53. The minimum atomic E-state index is -0.926. The lowest BCUT2D eigenvalue weighted by atomic mass is 9.80. The van der Waals surface area contributed by atoms with E-state index in [4.69, 9.17) is 4.74 Å². The number of benzene rings is 3. The van der Waals surface area contributed by atoms with Gasteiger partial charge in [0, 0.05) is 18.4 Å². The number of ether oxygens (including phenoxy) is 1. The molecule has 4 unspecified atom stereocenters. The fourth-order valence-electron chi connectivity index (χ4n) is 5.41. The number of methoxy groups -OCH3 is 1. The van der Waals surface area contributed by atoms with Gasteiger partial charge in [-0.3, -0.25) is 14.4 Å². The van der Waals surface area contributed by atoms with E-state index in [1.165, 1.54) is 19.2 Å². The summed E-state index contributed by atoms with van der Waals surface area (Å²) in [5.74, 6) is -2.86. The molecule has 2 fully saturated rings. The molecule has 1 saturated carbocycles. The molecule has 1 N–H and O–H groups in total. The van der Waals surface area contributed by atoms with Crippen molar-refractivity contribution in [1.82, 2.24) is 10.2 Å². The van der Waals surface area contributed by atoms with E-state index in [2.05, 4.69) is 5.32 Å². The third kappa shape index (κ3) is 4.99. The minimum Gasteiger partial charge on any atom is -0.469 e. The van der Waals surface area contributed by atoms with E-state index in [1.54, 1.807) is 17.0 Å². The van der Waals surface area contributed by atoms with Crippen LogP contribution in [0, 0.1) is 17.7 Å². The molecule has 190 valence electrons. The molecule has 4 atom stereocenters. The maximum atomic E-state index is 13.9. The molecule has 3 aromatic carbocycles. The van der Waals surface area contributed by atoms with Crippen LogP contribution in [-0.4, -0.2) is 35.8 Å². The van der Waals surface area contributed by atoms with E-state index < -0.39 is 29.9 Å². The first-order valence-corrected chi connectivity index (χ1v) is 12.5. The first kappa shape index (κ1) is 24.7. The number of amides is 2. The topological polar surface area (TPSA) is 75.7 Å². The fourth-order valence-corrected chi connectivity index (χ4v) is 5.41. The third-order valence-corrected chi connectivity index (χ3v) is 7.30. The Bertz CT molecular complexity index is 1260. The quantitative estimate of drug-likeness (QED) is 0.489. The van der Waals surface area contributed by atoms with Crippen molar-refractivity contribution in [1.29, 1.82) is 0 Å². The zero-order chi connectivity index (χ0) is 25.9. The van der Waals surface area contributed by atoms with Crippen molar-refractivity contribution in [3.05, 3.63) is 107 Å². The Morgan fingerprint density at radius 3 is 2.05 bits per heavy atom. The predicted octanol–water partition coefficient (Wildman–Crippen LogP) is 4.38. The van der Waals surface area contributed by atoms with Gasteiger partial charge in [-0.2, -0.15) is 0 Å². The second-order valence-corrected chi connectivity index (χ2v) is 9.65. The van der Waals surface area contributed by atoms with Crippen molar-refractivity contribution < 1.29 is 23.5 Å². The van der Waals surface area contributed by atoms with E-state index >= 15 is 0 Å². The van der Waals surface area contributed by atoms with Crippen LogP contribution in [0.2, 0.25) is 0 Å². The number of rotatable bonds is 7. The van der Waals surface area contributed by atoms with Crippen LogP contribution in [0.4, 0.5) is 4.39 Å². The number of carbonyl (C=O) groups is 3. The molecule has 6 nitrogen and oxygen atoms in total. The van der Waals surface area contributed by atoms with E-state index in [9.17, 15) is 18.8 Å². The first-order valence-electron chi connectivity index (χ1n) is 12.5. The average molecular weight is 501 g/mol. The van der Waals surface area contributed by atoms with Gasteiger partial charge in [0.1, 0.15) is 11.9 Å². The summed E-state index contributed by atoms with van der Waals surface area (Å²) in [5.41, 5.74) is 2.29. The summed E-state index contributed by atoms with van der Waals surface area (Å²) in [4.78, 5) is 42.8.